The minimum atomic E-state index is -1.92. The molecule has 29 heteroatoms. The lowest BCUT2D eigenvalue weighted by atomic mass is 9.96. The molecule has 0 spiro atoms. The SMILES string of the molecule is CC[C@H](C)[C@H](NC(=O)[C@H](CC(N)=O)NC(=O)[C@@H]1CCCN1C(=O)[C@H](Cc1ccccc1)NC(=O)[C@@H](N)CCCN=C(N)N)C(=O)N[C@H](C(=O)N[C@@H](CC(N)=O)C(=O)N[C@@H](CO)C(=O)N[C@@H](CO)C(=O)O)[C@@H](C)O. The van der Waals surface area contributed by atoms with Crippen molar-refractivity contribution in [2.75, 3.05) is 26.3 Å². The summed E-state index contributed by atoms with van der Waals surface area (Å²) in [6, 6.07) is -5.56. The van der Waals surface area contributed by atoms with Crippen molar-refractivity contribution < 1.29 is 73.2 Å². The largest absolute Gasteiger partial charge is 0.480 e. The zero-order valence-electron chi connectivity index (χ0n) is 40.8. The summed E-state index contributed by atoms with van der Waals surface area (Å²) < 4.78 is 0. The quantitative estimate of drug-likeness (QED) is 0.0187. The monoisotopic (exact) mass is 1030 g/mol. The summed E-state index contributed by atoms with van der Waals surface area (Å²) in [6.07, 6.45) is -2.28. The molecule has 0 aromatic heterocycles. The second kappa shape index (κ2) is 30.4. The number of primary amides is 2. The average Bonchev–Trinajstić information content (AvgIpc) is 3.83. The molecule has 73 heavy (non-hydrogen) atoms. The fourth-order valence-corrected chi connectivity index (χ4v) is 7.36. The van der Waals surface area contributed by atoms with Gasteiger partial charge in [-0.1, -0.05) is 50.6 Å². The van der Waals surface area contributed by atoms with Crippen molar-refractivity contribution in [3.05, 3.63) is 35.9 Å². The summed E-state index contributed by atoms with van der Waals surface area (Å²) in [5.74, 6) is -13.0. The Kier molecular flexibility index (Phi) is 25.7. The van der Waals surface area contributed by atoms with Gasteiger partial charge >= 0.3 is 5.97 Å². The molecule has 11 atom stereocenters. The van der Waals surface area contributed by atoms with E-state index in [2.05, 4.69) is 31.6 Å². The fraction of sp³-hybridized carbons (Fsp3) is 0.591. The molecule has 0 unspecified atom stereocenters. The maximum Gasteiger partial charge on any atom is 0.328 e. The van der Waals surface area contributed by atoms with Crippen LogP contribution in [0.3, 0.4) is 0 Å². The topological polar surface area (TPSA) is 499 Å². The zero-order valence-corrected chi connectivity index (χ0v) is 40.8. The molecule has 21 N–H and O–H groups in total. The molecule has 0 bridgehead atoms. The van der Waals surface area contributed by atoms with Gasteiger partial charge in [0.05, 0.1) is 38.2 Å². The molecule has 1 aliphatic rings. The third kappa shape index (κ3) is 20.3. The van der Waals surface area contributed by atoms with E-state index in [0.717, 1.165) is 6.92 Å². The number of aliphatic carboxylic acids is 1. The molecular weight excluding hydrogens is 965 g/mol. The van der Waals surface area contributed by atoms with Gasteiger partial charge in [0.15, 0.2) is 5.96 Å². The predicted molar refractivity (Wildman–Crippen MR) is 257 cm³/mol. The van der Waals surface area contributed by atoms with E-state index >= 15 is 0 Å². The highest BCUT2D eigenvalue weighted by Gasteiger charge is 2.41. The number of aliphatic hydroxyl groups excluding tert-OH is 3. The number of likely N-dealkylation sites (tertiary alicyclic amines) is 1. The van der Waals surface area contributed by atoms with E-state index in [4.69, 9.17) is 33.8 Å². The number of nitrogens with one attached hydrogen (secondary N) is 7. The van der Waals surface area contributed by atoms with E-state index in [-0.39, 0.29) is 44.7 Å². The van der Waals surface area contributed by atoms with Crippen molar-refractivity contribution in [1.82, 2.24) is 42.1 Å². The van der Waals surface area contributed by atoms with Crippen molar-refractivity contribution in [3.63, 3.8) is 0 Å². The number of guanidine groups is 1. The molecule has 0 radical (unpaired) electrons. The first-order valence-electron chi connectivity index (χ1n) is 23.3. The lowest BCUT2D eigenvalue weighted by Gasteiger charge is -2.31. The molecule has 1 aromatic rings. The number of nitrogens with two attached hydrogens (primary N) is 5. The van der Waals surface area contributed by atoms with Crippen molar-refractivity contribution in [2.45, 2.75) is 133 Å². The van der Waals surface area contributed by atoms with E-state index in [1.165, 1.54) is 11.8 Å². The first-order chi connectivity index (χ1) is 34.3. The van der Waals surface area contributed by atoms with Crippen LogP contribution >= 0.6 is 0 Å². The van der Waals surface area contributed by atoms with Gasteiger partial charge in [-0.25, -0.2) is 4.79 Å². The highest BCUT2D eigenvalue weighted by molar-refractivity contribution is 6.00. The number of hydrogen-bond acceptors (Lipinski definition) is 16. The lowest BCUT2D eigenvalue weighted by molar-refractivity contribution is -0.144. The Morgan fingerprint density at radius 2 is 1.19 bits per heavy atom. The van der Waals surface area contributed by atoms with E-state index in [0.29, 0.717) is 18.4 Å². The maximum absolute atomic E-state index is 14.3. The molecule has 406 valence electrons. The summed E-state index contributed by atoms with van der Waals surface area (Å²) in [4.78, 5) is 149. The average molecular weight is 1040 g/mol. The molecule has 1 aliphatic heterocycles. The number of amides is 10. The van der Waals surface area contributed by atoms with Gasteiger partial charge in [-0.05, 0) is 44.1 Å². The summed E-state index contributed by atoms with van der Waals surface area (Å²) in [5.41, 5.74) is 28.3. The van der Waals surface area contributed by atoms with E-state index in [1.807, 2.05) is 10.6 Å². The minimum Gasteiger partial charge on any atom is -0.480 e. The first-order valence-corrected chi connectivity index (χ1v) is 23.3. The summed E-state index contributed by atoms with van der Waals surface area (Å²) in [5, 5.41) is 54.6. The molecule has 2 rings (SSSR count). The van der Waals surface area contributed by atoms with Crippen molar-refractivity contribution in [2.24, 2.45) is 39.6 Å². The second-order valence-corrected chi connectivity index (χ2v) is 17.4. The van der Waals surface area contributed by atoms with E-state index in [1.54, 1.807) is 37.3 Å². The van der Waals surface area contributed by atoms with Crippen LogP contribution in [0, 0.1) is 5.92 Å². The number of carbonyl (C=O) groups excluding carboxylic acids is 10. The summed E-state index contributed by atoms with van der Waals surface area (Å²) in [6.45, 7) is 2.33. The Labute approximate surface area is 419 Å². The lowest BCUT2D eigenvalue weighted by Crippen LogP contribution is -2.63. The fourth-order valence-electron chi connectivity index (χ4n) is 7.36. The van der Waals surface area contributed by atoms with Crippen LogP contribution in [-0.2, 0) is 59.2 Å². The molecule has 0 saturated carbocycles. The number of hydrogen-bond donors (Lipinski definition) is 16. The Hall–Kier alpha value is -7.50. The van der Waals surface area contributed by atoms with Gasteiger partial charge in [0, 0.05) is 19.5 Å². The van der Waals surface area contributed by atoms with Gasteiger partial charge in [0.1, 0.15) is 48.3 Å². The number of aliphatic imine (C=N–C) groups is 1. The van der Waals surface area contributed by atoms with Gasteiger partial charge in [-0.15, -0.1) is 0 Å². The maximum atomic E-state index is 14.3. The molecule has 1 heterocycles. The number of carboxylic acid groups (broad SMARTS) is 1. The van der Waals surface area contributed by atoms with Gasteiger partial charge in [-0.2, -0.15) is 0 Å². The van der Waals surface area contributed by atoms with Gasteiger partial charge in [0.2, 0.25) is 59.1 Å². The first kappa shape index (κ1) is 61.6. The number of nitrogens with zero attached hydrogens (tertiary/aromatic N) is 2. The van der Waals surface area contributed by atoms with E-state index < -0.39 is 157 Å². The third-order valence-electron chi connectivity index (χ3n) is 11.6. The summed E-state index contributed by atoms with van der Waals surface area (Å²) >= 11 is 0. The standard InChI is InChI=1S/C44H70N14O15/c1-4-21(2)33(40(69)57-34(22(3)61)41(70)52-25(17-31(46)62)36(65)54-28(19-59)38(67)55-29(20-60)43(72)73)56-37(66)26(18-32(47)63)51-39(68)30-13-9-15-58(30)42(71)27(16-23-10-6-5-7-11-23)53-35(64)24(45)12-8-14-50-44(48)49/h5-7,10-11,21-22,24-30,33-34,59-61H,4,8-9,12-20,45H2,1-3H3,(H2,46,62)(H2,47,63)(H,51,68)(H,52,70)(H,53,64)(H,54,65)(H,55,67)(H,56,66)(H,57,69)(H,72,73)(H4,48,49,50)/t21-,22+,24-,25-,26-,27-,28-,29-,30-,33-,34-/m0/s1. The van der Waals surface area contributed by atoms with Crippen LogP contribution in [0.15, 0.2) is 35.3 Å². The van der Waals surface area contributed by atoms with Gasteiger partial charge < -0.3 is 91.2 Å². The second-order valence-electron chi connectivity index (χ2n) is 17.4. The number of aliphatic hydroxyl groups is 3. The normalized spacial score (nSPS) is 17.2. The number of benzene rings is 1. The zero-order chi connectivity index (χ0) is 55.1. The highest BCUT2D eigenvalue weighted by Crippen LogP contribution is 2.21. The van der Waals surface area contributed by atoms with Crippen molar-refractivity contribution in [3.8, 4) is 0 Å². The number of carbonyl (C=O) groups is 11. The van der Waals surface area contributed by atoms with Crippen molar-refractivity contribution in [1.29, 1.82) is 0 Å². The van der Waals surface area contributed by atoms with Crippen LogP contribution < -0.4 is 65.9 Å². The van der Waals surface area contributed by atoms with E-state index in [9.17, 15) is 68.1 Å². The van der Waals surface area contributed by atoms with Gasteiger partial charge in [-0.3, -0.25) is 52.9 Å². The van der Waals surface area contributed by atoms with Crippen LogP contribution in [0.1, 0.15) is 71.3 Å². The minimum absolute atomic E-state index is 0.0133. The molecule has 1 saturated heterocycles. The Bertz CT molecular complexity index is 2140. The van der Waals surface area contributed by atoms with Crippen LogP contribution in [0.2, 0.25) is 0 Å². The van der Waals surface area contributed by atoms with Crippen molar-refractivity contribution >= 4 is 71.0 Å². The molecule has 1 fully saturated rings. The number of rotatable bonds is 31. The Balaban J connectivity index is 2.32. The van der Waals surface area contributed by atoms with Gasteiger partial charge in [0.25, 0.3) is 0 Å². The molecule has 10 amide bonds. The molecule has 1 aromatic carbocycles. The third-order valence-corrected chi connectivity index (χ3v) is 11.6. The smallest absolute Gasteiger partial charge is 0.328 e. The molecular formula is C44H70N14O15. The Morgan fingerprint density at radius 1 is 0.685 bits per heavy atom. The Morgan fingerprint density at radius 3 is 1.73 bits per heavy atom. The van der Waals surface area contributed by atoms with Crippen LogP contribution in [0.4, 0.5) is 0 Å². The molecule has 0 aliphatic carbocycles. The highest BCUT2D eigenvalue weighted by atomic mass is 16.4. The molecule has 29 nitrogen and oxygen atoms in total. The van der Waals surface area contributed by atoms with Crippen LogP contribution in [-0.4, -0.2) is 183 Å². The predicted octanol–water partition coefficient (Wildman–Crippen LogP) is -7.76. The summed E-state index contributed by atoms with van der Waals surface area (Å²) in [7, 11) is 0. The van der Waals surface area contributed by atoms with Crippen LogP contribution in [0.5, 0.6) is 0 Å². The number of carboxylic acids is 1. The van der Waals surface area contributed by atoms with Crippen LogP contribution in [0.25, 0.3) is 0 Å².